The number of hydrogen-bond acceptors (Lipinski definition) is 5. The lowest BCUT2D eigenvalue weighted by molar-refractivity contribution is 0.181. The van der Waals surface area contributed by atoms with E-state index < -0.39 is 0 Å². The number of anilines is 1. The van der Waals surface area contributed by atoms with Crippen LogP contribution in [-0.4, -0.2) is 40.6 Å². The molecule has 0 aliphatic carbocycles. The molecule has 24 heavy (non-hydrogen) atoms. The van der Waals surface area contributed by atoms with Gasteiger partial charge in [-0.05, 0) is 13.3 Å². The van der Waals surface area contributed by atoms with Gasteiger partial charge in [0.15, 0.2) is 0 Å². The van der Waals surface area contributed by atoms with Crippen molar-refractivity contribution in [3.8, 4) is 0 Å². The predicted octanol–water partition coefficient (Wildman–Crippen LogP) is 2.61. The fraction of sp³-hybridized carbons (Fsp3) is 0.562. The second-order valence-electron chi connectivity index (χ2n) is 6.19. The topological polar surface area (TPSA) is 81.1 Å². The lowest BCUT2D eigenvalue weighted by Crippen LogP contribution is -2.32. The largest absolute Gasteiger partial charge is 0.381 e. The first-order valence-corrected chi connectivity index (χ1v) is 9.06. The maximum atomic E-state index is 12.1. The molecule has 1 aliphatic heterocycles. The zero-order chi connectivity index (χ0) is 16.9. The Kier molecular flexibility index (Phi) is 5.47. The summed E-state index contributed by atoms with van der Waals surface area (Å²) >= 11 is 1.63. The average Bonchev–Trinajstić information content (AvgIpc) is 3.29. The first kappa shape index (κ1) is 16.9. The van der Waals surface area contributed by atoms with Crippen LogP contribution >= 0.6 is 11.3 Å². The number of rotatable bonds is 6. The number of aryl methyl sites for hydroxylation is 1. The zero-order valence-electron chi connectivity index (χ0n) is 14.0. The van der Waals surface area contributed by atoms with Crippen molar-refractivity contribution >= 4 is 23.2 Å². The normalized spacial score (nSPS) is 18.5. The minimum atomic E-state index is -0.223. The Morgan fingerprint density at radius 2 is 2.46 bits per heavy atom. The molecule has 8 heteroatoms. The summed E-state index contributed by atoms with van der Waals surface area (Å²) in [7, 11) is 0. The molecule has 0 spiro atoms. The summed E-state index contributed by atoms with van der Waals surface area (Å²) in [6.07, 6.45) is 2.74. The quantitative estimate of drug-likeness (QED) is 0.840. The maximum absolute atomic E-state index is 12.1. The summed E-state index contributed by atoms with van der Waals surface area (Å²) in [5.74, 6) is 1.36. The van der Waals surface area contributed by atoms with E-state index in [0.29, 0.717) is 18.3 Å². The molecule has 2 amide bonds. The van der Waals surface area contributed by atoms with Crippen LogP contribution in [0.4, 0.5) is 10.6 Å². The molecule has 2 atom stereocenters. The minimum absolute atomic E-state index is 0.190. The van der Waals surface area contributed by atoms with E-state index in [9.17, 15) is 4.79 Å². The monoisotopic (exact) mass is 349 g/mol. The number of nitrogens with zero attached hydrogens (tertiary/aromatic N) is 3. The summed E-state index contributed by atoms with van der Waals surface area (Å²) in [5, 5.41) is 13.1. The van der Waals surface area contributed by atoms with Gasteiger partial charge < -0.3 is 10.1 Å². The second kappa shape index (κ2) is 7.76. The molecule has 0 aromatic carbocycles. The van der Waals surface area contributed by atoms with Crippen LogP contribution in [0.1, 0.15) is 30.0 Å². The van der Waals surface area contributed by atoms with E-state index in [-0.39, 0.29) is 11.9 Å². The van der Waals surface area contributed by atoms with Crippen LogP contribution < -0.4 is 10.6 Å². The maximum Gasteiger partial charge on any atom is 0.320 e. The molecule has 1 saturated heterocycles. The van der Waals surface area contributed by atoms with Crippen LogP contribution in [-0.2, 0) is 11.3 Å². The third-order valence-corrected chi connectivity index (χ3v) is 5.23. The van der Waals surface area contributed by atoms with Crippen LogP contribution in [0.15, 0.2) is 17.6 Å². The van der Waals surface area contributed by atoms with E-state index in [1.54, 1.807) is 17.5 Å². The number of amides is 2. The lowest BCUT2D eigenvalue weighted by atomic mass is 10.1. The molecule has 130 valence electrons. The number of carbonyl (C=O) groups is 1. The number of urea groups is 1. The van der Waals surface area contributed by atoms with E-state index in [2.05, 4.69) is 27.6 Å². The minimum Gasteiger partial charge on any atom is -0.381 e. The van der Waals surface area contributed by atoms with Crippen molar-refractivity contribution in [2.75, 3.05) is 25.1 Å². The van der Waals surface area contributed by atoms with Crippen molar-refractivity contribution in [2.45, 2.75) is 32.7 Å². The van der Waals surface area contributed by atoms with Crippen LogP contribution in [0.2, 0.25) is 0 Å². The number of hydrogen-bond donors (Lipinski definition) is 2. The van der Waals surface area contributed by atoms with Crippen LogP contribution in [0, 0.1) is 12.8 Å². The van der Waals surface area contributed by atoms with Gasteiger partial charge >= 0.3 is 6.03 Å². The van der Waals surface area contributed by atoms with E-state index >= 15 is 0 Å². The van der Waals surface area contributed by atoms with Crippen molar-refractivity contribution in [3.63, 3.8) is 0 Å². The molecule has 1 aliphatic rings. The number of aromatic nitrogens is 3. The Balaban J connectivity index is 1.49. The molecule has 7 nitrogen and oxygen atoms in total. The smallest absolute Gasteiger partial charge is 0.320 e. The van der Waals surface area contributed by atoms with Gasteiger partial charge in [-0.3, -0.25) is 5.32 Å². The lowest BCUT2D eigenvalue weighted by Gasteiger charge is -2.14. The zero-order valence-corrected chi connectivity index (χ0v) is 14.8. The SMILES string of the molecule is Cc1csc([C@@H](C)CNC(=O)Nc2ccnn2C[C@H]2CCOC2)n1. The van der Waals surface area contributed by atoms with Gasteiger partial charge in [0, 0.05) is 48.7 Å². The number of thiazole rings is 1. The first-order chi connectivity index (χ1) is 11.6. The number of carbonyl (C=O) groups excluding carboxylic acids is 1. The summed E-state index contributed by atoms with van der Waals surface area (Å²) in [6.45, 7) is 6.91. The molecule has 2 aromatic rings. The molecule has 0 unspecified atom stereocenters. The summed E-state index contributed by atoms with van der Waals surface area (Å²) in [6, 6.07) is 1.59. The average molecular weight is 349 g/mol. The Morgan fingerprint density at radius 1 is 1.58 bits per heavy atom. The Morgan fingerprint density at radius 3 is 3.17 bits per heavy atom. The summed E-state index contributed by atoms with van der Waals surface area (Å²) in [5.41, 5.74) is 1.02. The highest BCUT2D eigenvalue weighted by molar-refractivity contribution is 7.09. The van der Waals surface area contributed by atoms with Gasteiger partial charge in [0.25, 0.3) is 0 Å². The molecule has 1 fully saturated rings. The highest BCUT2D eigenvalue weighted by atomic mass is 32.1. The van der Waals surface area contributed by atoms with Gasteiger partial charge in [-0.15, -0.1) is 11.3 Å². The Hall–Kier alpha value is -1.93. The Labute approximate surface area is 145 Å². The summed E-state index contributed by atoms with van der Waals surface area (Å²) in [4.78, 5) is 16.6. The van der Waals surface area contributed by atoms with Crippen LogP contribution in [0.5, 0.6) is 0 Å². The van der Waals surface area contributed by atoms with E-state index in [1.165, 1.54) is 0 Å². The molecule has 3 rings (SSSR count). The van der Waals surface area contributed by atoms with Gasteiger partial charge in [0.05, 0.1) is 17.8 Å². The van der Waals surface area contributed by atoms with Crippen molar-refractivity contribution in [2.24, 2.45) is 5.92 Å². The molecule has 2 N–H and O–H groups in total. The molecule has 0 saturated carbocycles. The molecule has 0 bridgehead atoms. The third kappa shape index (κ3) is 4.33. The van der Waals surface area contributed by atoms with Crippen molar-refractivity contribution in [1.29, 1.82) is 0 Å². The van der Waals surface area contributed by atoms with Crippen LogP contribution in [0.25, 0.3) is 0 Å². The fourth-order valence-corrected chi connectivity index (χ4v) is 3.50. The van der Waals surface area contributed by atoms with Crippen molar-refractivity contribution in [3.05, 3.63) is 28.3 Å². The Bertz CT molecular complexity index is 678. The molecular formula is C16H23N5O2S. The standard InChI is InChI=1S/C16H23N5O2S/c1-11(15-19-12(2)10-24-15)7-17-16(22)20-14-3-5-18-21(14)8-13-4-6-23-9-13/h3,5,10-11,13H,4,6-9H2,1-2H3,(H2,17,20,22)/t11-,13+/m0/s1. The second-order valence-corrected chi connectivity index (χ2v) is 7.08. The van der Waals surface area contributed by atoms with Crippen molar-refractivity contribution < 1.29 is 9.53 Å². The highest BCUT2D eigenvalue weighted by Crippen LogP contribution is 2.19. The van der Waals surface area contributed by atoms with E-state index in [1.807, 2.05) is 23.1 Å². The highest BCUT2D eigenvalue weighted by Gasteiger charge is 2.18. The molecule has 0 radical (unpaired) electrons. The van der Waals surface area contributed by atoms with Gasteiger partial charge in [0.2, 0.25) is 0 Å². The first-order valence-electron chi connectivity index (χ1n) is 8.18. The number of nitrogens with one attached hydrogen (secondary N) is 2. The third-order valence-electron chi connectivity index (χ3n) is 4.04. The number of ether oxygens (including phenoxy) is 1. The molecular weight excluding hydrogens is 326 g/mol. The van der Waals surface area contributed by atoms with Gasteiger partial charge in [-0.25, -0.2) is 14.5 Å². The predicted molar refractivity (Wildman–Crippen MR) is 93.4 cm³/mol. The van der Waals surface area contributed by atoms with E-state index in [4.69, 9.17) is 4.74 Å². The van der Waals surface area contributed by atoms with Crippen molar-refractivity contribution in [1.82, 2.24) is 20.1 Å². The molecule has 2 aromatic heterocycles. The fourth-order valence-electron chi connectivity index (χ4n) is 2.65. The van der Waals surface area contributed by atoms with E-state index in [0.717, 1.165) is 36.9 Å². The van der Waals surface area contributed by atoms with Gasteiger partial charge in [0.1, 0.15) is 5.82 Å². The van der Waals surface area contributed by atoms with Crippen LogP contribution in [0.3, 0.4) is 0 Å². The molecule has 3 heterocycles. The van der Waals surface area contributed by atoms with Gasteiger partial charge in [-0.1, -0.05) is 6.92 Å². The summed E-state index contributed by atoms with van der Waals surface area (Å²) < 4.78 is 7.22. The van der Waals surface area contributed by atoms with Gasteiger partial charge in [-0.2, -0.15) is 5.10 Å².